The van der Waals surface area contributed by atoms with Crippen molar-refractivity contribution in [3.05, 3.63) is 65.5 Å². The molecule has 192 valence electrons. The van der Waals surface area contributed by atoms with Crippen LogP contribution in [0.15, 0.2) is 48.7 Å². The zero-order valence-electron chi connectivity index (χ0n) is 19.9. The van der Waals surface area contributed by atoms with Crippen LogP contribution in [0.5, 0.6) is 11.5 Å². The van der Waals surface area contributed by atoms with Crippen LogP contribution < -0.4 is 19.7 Å². The lowest BCUT2D eigenvalue weighted by Gasteiger charge is -2.34. The molecule has 3 aromatic rings. The lowest BCUT2D eigenvalue weighted by molar-refractivity contribution is -0.139. The highest BCUT2D eigenvalue weighted by atomic mass is 19.4. The maximum Gasteiger partial charge on any atom is 0.392 e. The molecule has 9 nitrogen and oxygen atoms in total. The molecule has 0 bridgehead atoms. The summed E-state index contributed by atoms with van der Waals surface area (Å²) < 4.78 is 48.8. The standard InChI is InChI=1S/C25H22F3N5O4/c1-15-14-32-22(20(13-30-32)31-23(34)16-3-8-21(36-2)17(11-16)12-29)24(35)33(15)18-4-6-19(7-5-18)37-10-9-25(26,27)28/h3-8,11,13,15H,9-10,14H2,1-2H3,(H,31,34). The van der Waals surface area contributed by atoms with Gasteiger partial charge < -0.3 is 19.7 Å². The van der Waals surface area contributed by atoms with Crippen molar-refractivity contribution < 1.29 is 32.2 Å². The number of alkyl halides is 3. The van der Waals surface area contributed by atoms with E-state index in [4.69, 9.17) is 9.47 Å². The van der Waals surface area contributed by atoms with E-state index in [0.717, 1.165) is 0 Å². The number of methoxy groups -OCH3 is 1. The fourth-order valence-electron chi connectivity index (χ4n) is 3.98. The second-order valence-corrected chi connectivity index (χ2v) is 8.30. The number of benzene rings is 2. The number of fused-ring (bicyclic) bond motifs is 1. The third-order valence-electron chi connectivity index (χ3n) is 5.74. The minimum absolute atomic E-state index is 0.172. The number of nitriles is 1. The van der Waals surface area contributed by atoms with Gasteiger partial charge in [-0.05, 0) is 49.4 Å². The number of carbonyl (C=O) groups is 2. The Hall–Kier alpha value is -4.53. The molecule has 2 amide bonds. The molecule has 0 radical (unpaired) electrons. The molecule has 1 aliphatic rings. The van der Waals surface area contributed by atoms with Crippen LogP contribution in [-0.2, 0) is 6.54 Å². The molecule has 4 rings (SSSR count). The molecule has 1 aliphatic heterocycles. The monoisotopic (exact) mass is 513 g/mol. The van der Waals surface area contributed by atoms with Gasteiger partial charge in [-0.2, -0.15) is 23.5 Å². The molecule has 1 unspecified atom stereocenters. The van der Waals surface area contributed by atoms with Crippen LogP contribution >= 0.6 is 0 Å². The summed E-state index contributed by atoms with van der Waals surface area (Å²) in [5, 5.41) is 16.2. The molecule has 1 N–H and O–H groups in total. The molecule has 12 heteroatoms. The van der Waals surface area contributed by atoms with Gasteiger partial charge in [0, 0.05) is 11.3 Å². The molecule has 0 saturated carbocycles. The Morgan fingerprint density at radius 1 is 1.24 bits per heavy atom. The van der Waals surface area contributed by atoms with Crippen molar-refractivity contribution in [3.63, 3.8) is 0 Å². The van der Waals surface area contributed by atoms with Gasteiger partial charge in [-0.15, -0.1) is 0 Å². The molecule has 2 heterocycles. The van der Waals surface area contributed by atoms with Crippen LogP contribution in [-0.4, -0.2) is 47.5 Å². The van der Waals surface area contributed by atoms with Crippen molar-refractivity contribution in [3.8, 4) is 17.6 Å². The molecule has 0 saturated heterocycles. The minimum Gasteiger partial charge on any atom is -0.495 e. The maximum absolute atomic E-state index is 13.5. The number of anilines is 2. The van der Waals surface area contributed by atoms with E-state index in [1.165, 1.54) is 53.2 Å². The largest absolute Gasteiger partial charge is 0.495 e. The molecule has 1 atom stereocenters. The highest BCUT2D eigenvalue weighted by molar-refractivity contribution is 6.13. The van der Waals surface area contributed by atoms with Crippen LogP contribution in [0.4, 0.5) is 24.5 Å². The van der Waals surface area contributed by atoms with Crippen molar-refractivity contribution in [2.45, 2.75) is 32.1 Å². The summed E-state index contributed by atoms with van der Waals surface area (Å²) in [7, 11) is 1.42. The molecule has 0 aliphatic carbocycles. The summed E-state index contributed by atoms with van der Waals surface area (Å²) in [4.78, 5) is 27.9. The predicted octanol–water partition coefficient (Wildman–Crippen LogP) is 4.40. The van der Waals surface area contributed by atoms with Gasteiger partial charge in [0.15, 0.2) is 0 Å². The Bertz CT molecular complexity index is 1360. The first-order chi connectivity index (χ1) is 17.6. The number of amides is 2. The third-order valence-corrected chi connectivity index (χ3v) is 5.74. The number of nitrogens with zero attached hydrogens (tertiary/aromatic N) is 4. The SMILES string of the molecule is COc1ccc(C(=O)Nc2cnn3c2C(=O)N(c2ccc(OCCC(F)(F)F)cc2)C(C)C3)cc1C#N. The first kappa shape index (κ1) is 25.6. The van der Waals surface area contributed by atoms with Gasteiger partial charge in [-0.1, -0.05) is 0 Å². The number of nitrogens with one attached hydrogen (secondary N) is 1. The topological polar surface area (TPSA) is 109 Å². The van der Waals surface area contributed by atoms with Crippen molar-refractivity contribution in [2.24, 2.45) is 0 Å². The fourth-order valence-corrected chi connectivity index (χ4v) is 3.98. The molecule has 0 spiro atoms. The summed E-state index contributed by atoms with van der Waals surface area (Å²) in [6, 6.07) is 12.2. The number of halogens is 3. The number of hydrogen-bond acceptors (Lipinski definition) is 6. The van der Waals surface area contributed by atoms with E-state index in [1.807, 2.05) is 13.0 Å². The Morgan fingerprint density at radius 3 is 2.62 bits per heavy atom. The highest BCUT2D eigenvalue weighted by Gasteiger charge is 2.35. The molecule has 37 heavy (non-hydrogen) atoms. The molecule has 0 fully saturated rings. The number of rotatable bonds is 7. The van der Waals surface area contributed by atoms with Crippen molar-refractivity contribution >= 4 is 23.2 Å². The maximum atomic E-state index is 13.5. The van der Waals surface area contributed by atoms with E-state index in [0.29, 0.717) is 18.0 Å². The van der Waals surface area contributed by atoms with E-state index < -0.39 is 31.0 Å². The van der Waals surface area contributed by atoms with E-state index in [9.17, 15) is 28.0 Å². The Labute approximate surface area is 210 Å². The zero-order chi connectivity index (χ0) is 26.7. The zero-order valence-corrected chi connectivity index (χ0v) is 19.9. The van der Waals surface area contributed by atoms with Crippen LogP contribution in [0.3, 0.4) is 0 Å². The normalized spacial score (nSPS) is 15.1. The smallest absolute Gasteiger partial charge is 0.392 e. The van der Waals surface area contributed by atoms with Crippen molar-refractivity contribution in [1.82, 2.24) is 9.78 Å². The quantitative estimate of drug-likeness (QED) is 0.502. The van der Waals surface area contributed by atoms with Gasteiger partial charge in [0.1, 0.15) is 23.3 Å². The van der Waals surface area contributed by atoms with Gasteiger partial charge in [-0.25, -0.2) is 0 Å². The second-order valence-electron chi connectivity index (χ2n) is 8.30. The number of carbonyl (C=O) groups excluding carboxylic acids is 2. The number of ether oxygens (including phenoxy) is 2. The van der Waals surface area contributed by atoms with Crippen molar-refractivity contribution in [2.75, 3.05) is 23.9 Å². The molecular weight excluding hydrogens is 491 g/mol. The van der Waals surface area contributed by atoms with E-state index in [1.54, 1.807) is 12.1 Å². The average Bonchev–Trinajstić information content (AvgIpc) is 3.26. The predicted molar refractivity (Wildman–Crippen MR) is 127 cm³/mol. The first-order valence-corrected chi connectivity index (χ1v) is 11.2. The summed E-state index contributed by atoms with van der Waals surface area (Å²) in [6.07, 6.45) is -3.99. The Balaban J connectivity index is 1.52. The lowest BCUT2D eigenvalue weighted by atomic mass is 10.1. The molecule has 2 aromatic carbocycles. The Kier molecular flexibility index (Phi) is 7.06. The molecule has 1 aromatic heterocycles. The van der Waals surface area contributed by atoms with E-state index in [2.05, 4.69) is 10.4 Å². The second kappa shape index (κ2) is 10.2. The van der Waals surface area contributed by atoms with Crippen LogP contribution in [0.2, 0.25) is 0 Å². The van der Waals surface area contributed by atoms with Gasteiger partial charge in [-0.3, -0.25) is 14.3 Å². The van der Waals surface area contributed by atoms with Gasteiger partial charge in [0.2, 0.25) is 0 Å². The van der Waals surface area contributed by atoms with Gasteiger partial charge in [0.25, 0.3) is 11.8 Å². The minimum atomic E-state index is -4.31. The van der Waals surface area contributed by atoms with Crippen LogP contribution in [0, 0.1) is 11.3 Å². The average molecular weight is 513 g/mol. The Morgan fingerprint density at radius 2 is 1.97 bits per heavy atom. The van der Waals surface area contributed by atoms with E-state index >= 15 is 0 Å². The highest BCUT2D eigenvalue weighted by Crippen LogP contribution is 2.31. The third kappa shape index (κ3) is 5.50. The van der Waals surface area contributed by atoms with E-state index in [-0.39, 0.29) is 34.3 Å². The summed E-state index contributed by atoms with van der Waals surface area (Å²) in [6.45, 7) is 1.67. The molecular formula is C25H22F3N5O4. The number of hydrogen-bond donors (Lipinski definition) is 1. The first-order valence-electron chi connectivity index (χ1n) is 11.2. The summed E-state index contributed by atoms with van der Waals surface area (Å²) >= 11 is 0. The summed E-state index contributed by atoms with van der Waals surface area (Å²) in [5.41, 5.74) is 1.28. The number of aromatic nitrogens is 2. The van der Waals surface area contributed by atoms with Crippen molar-refractivity contribution in [1.29, 1.82) is 5.26 Å². The fraction of sp³-hybridized carbons (Fsp3) is 0.280. The van der Waals surface area contributed by atoms with Crippen LogP contribution in [0.25, 0.3) is 0 Å². The van der Waals surface area contributed by atoms with Gasteiger partial charge >= 0.3 is 6.18 Å². The lowest BCUT2D eigenvalue weighted by Crippen LogP contribution is -2.47. The van der Waals surface area contributed by atoms with Gasteiger partial charge in [0.05, 0.1) is 50.2 Å². The summed E-state index contributed by atoms with van der Waals surface area (Å²) in [5.74, 6) is -0.365. The van der Waals surface area contributed by atoms with Crippen LogP contribution in [0.1, 0.15) is 39.8 Å².